The second-order valence-electron chi connectivity index (χ2n) is 3.12. The molecule has 0 aliphatic rings. The molecule has 0 saturated heterocycles. The van der Waals surface area contributed by atoms with E-state index in [1.165, 1.54) is 0 Å². The Balaban J connectivity index is 2.37. The number of carbonyl (C=O) groups is 1. The van der Waals surface area contributed by atoms with Gasteiger partial charge < -0.3 is 19.6 Å². The van der Waals surface area contributed by atoms with Gasteiger partial charge in [0.2, 0.25) is 0 Å². The third-order valence-corrected chi connectivity index (χ3v) is 1.96. The largest absolute Gasteiger partial charge is 0.548 e. The SMILES string of the molecule is CCCC(NCc1ccco1)C(=O)[O-]. The van der Waals surface area contributed by atoms with Gasteiger partial charge in [0.25, 0.3) is 0 Å². The van der Waals surface area contributed by atoms with Crippen LogP contribution in [-0.2, 0) is 11.3 Å². The fourth-order valence-corrected chi connectivity index (χ4v) is 1.23. The van der Waals surface area contributed by atoms with Crippen LogP contribution in [0.15, 0.2) is 22.8 Å². The minimum Gasteiger partial charge on any atom is -0.548 e. The summed E-state index contributed by atoms with van der Waals surface area (Å²) < 4.78 is 5.07. The topological polar surface area (TPSA) is 65.3 Å². The summed E-state index contributed by atoms with van der Waals surface area (Å²) in [6, 6.07) is 2.97. The van der Waals surface area contributed by atoms with Crippen molar-refractivity contribution in [3.05, 3.63) is 24.2 Å². The third-order valence-electron chi connectivity index (χ3n) is 1.96. The lowest BCUT2D eigenvalue weighted by molar-refractivity contribution is -0.308. The van der Waals surface area contributed by atoms with Crippen LogP contribution in [0.1, 0.15) is 25.5 Å². The first kappa shape index (κ1) is 10.8. The van der Waals surface area contributed by atoms with E-state index < -0.39 is 12.0 Å². The van der Waals surface area contributed by atoms with E-state index in [-0.39, 0.29) is 0 Å². The summed E-state index contributed by atoms with van der Waals surface area (Å²) >= 11 is 0. The van der Waals surface area contributed by atoms with Crippen molar-refractivity contribution in [2.45, 2.75) is 32.4 Å². The van der Waals surface area contributed by atoms with Crippen molar-refractivity contribution in [1.82, 2.24) is 5.32 Å². The molecule has 1 unspecified atom stereocenters. The quantitative estimate of drug-likeness (QED) is 0.710. The lowest BCUT2D eigenvalue weighted by Crippen LogP contribution is -2.44. The molecule has 4 nitrogen and oxygen atoms in total. The third kappa shape index (κ3) is 3.22. The van der Waals surface area contributed by atoms with Crippen LogP contribution in [0.3, 0.4) is 0 Å². The fourth-order valence-electron chi connectivity index (χ4n) is 1.23. The molecule has 0 aromatic carbocycles. The lowest BCUT2D eigenvalue weighted by Gasteiger charge is -2.17. The summed E-state index contributed by atoms with van der Waals surface area (Å²) in [5.41, 5.74) is 0. The van der Waals surface area contributed by atoms with Crippen molar-refractivity contribution in [2.75, 3.05) is 0 Å². The number of hydrogen-bond acceptors (Lipinski definition) is 4. The smallest absolute Gasteiger partial charge is 0.117 e. The average Bonchev–Trinajstić information content (AvgIpc) is 2.64. The van der Waals surface area contributed by atoms with Gasteiger partial charge in [-0.2, -0.15) is 0 Å². The Morgan fingerprint density at radius 2 is 2.50 bits per heavy atom. The van der Waals surface area contributed by atoms with Gasteiger partial charge in [-0.3, -0.25) is 0 Å². The molecule has 1 aromatic rings. The molecule has 4 heteroatoms. The van der Waals surface area contributed by atoms with E-state index in [9.17, 15) is 9.90 Å². The molecule has 0 aliphatic heterocycles. The second-order valence-corrected chi connectivity index (χ2v) is 3.12. The molecule has 1 N–H and O–H groups in total. The number of rotatable bonds is 6. The first-order chi connectivity index (χ1) is 6.74. The second kappa shape index (κ2) is 5.44. The first-order valence-electron chi connectivity index (χ1n) is 4.70. The molecule has 0 bridgehead atoms. The molecule has 1 rings (SSSR count). The maximum absolute atomic E-state index is 10.6. The number of nitrogens with one attached hydrogen (secondary N) is 1. The lowest BCUT2D eigenvalue weighted by atomic mass is 10.1. The molecule has 0 amide bonds. The monoisotopic (exact) mass is 196 g/mol. The van der Waals surface area contributed by atoms with Crippen LogP contribution >= 0.6 is 0 Å². The molecule has 14 heavy (non-hydrogen) atoms. The van der Waals surface area contributed by atoms with E-state index in [0.29, 0.717) is 13.0 Å². The maximum atomic E-state index is 10.6. The Labute approximate surface area is 82.9 Å². The van der Waals surface area contributed by atoms with Gasteiger partial charge in [0.15, 0.2) is 0 Å². The molecule has 1 heterocycles. The molecule has 0 spiro atoms. The Hall–Kier alpha value is -1.29. The highest BCUT2D eigenvalue weighted by Crippen LogP contribution is 2.01. The predicted molar refractivity (Wildman–Crippen MR) is 49.3 cm³/mol. The Morgan fingerprint density at radius 3 is 3.00 bits per heavy atom. The number of furan rings is 1. The van der Waals surface area contributed by atoms with Gasteiger partial charge in [-0.05, 0) is 18.6 Å². The highest BCUT2D eigenvalue weighted by atomic mass is 16.4. The van der Waals surface area contributed by atoms with Gasteiger partial charge in [-0.15, -0.1) is 0 Å². The van der Waals surface area contributed by atoms with Crippen LogP contribution < -0.4 is 10.4 Å². The molecular formula is C10H14NO3-. The highest BCUT2D eigenvalue weighted by Gasteiger charge is 2.08. The Morgan fingerprint density at radius 1 is 1.71 bits per heavy atom. The van der Waals surface area contributed by atoms with Gasteiger partial charge >= 0.3 is 0 Å². The van der Waals surface area contributed by atoms with Crippen molar-refractivity contribution in [3.63, 3.8) is 0 Å². The van der Waals surface area contributed by atoms with Crippen molar-refractivity contribution in [1.29, 1.82) is 0 Å². The van der Waals surface area contributed by atoms with Gasteiger partial charge in [0.05, 0.1) is 18.8 Å². The van der Waals surface area contributed by atoms with Gasteiger partial charge in [0, 0.05) is 6.04 Å². The molecule has 0 saturated carbocycles. The van der Waals surface area contributed by atoms with E-state index in [1.54, 1.807) is 18.4 Å². The number of aliphatic carboxylic acids is 1. The molecular weight excluding hydrogens is 182 g/mol. The normalized spacial score (nSPS) is 12.6. The molecule has 1 aromatic heterocycles. The van der Waals surface area contributed by atoms with Crippen molar-refractivity contribution in [2.24, 2.45) is 0 Å². The molecule has 0 fully saturated rings. The molecule has 0 aliphatic carbocycles. The van der Waals surface area contributed by atoms with E-state index in [4.69, 9.17) is 4.42 Å². The van der Waals surface area contributed by atoms with Crippen molar-refractivity contribution < 1.29 is 14.3 Å². The van der Waals surface area contributed by atoms with Crippen molar-refractivity contribution in [3.8, 4) is 0 Å². The van der Waals surface area contributed by atoms with Crippen LogP contribution in [0.25, 0.3) is 0 Å². The zero-order valence-electron chi connectivity index (χ0n) is 8.16. The number of hydrogen-bond donors (Lipinski definition) is 1. The average molecular weight is 196 g/mol. The molecule has 78 valence electrons. The van der Waals surface area contributed by atoms with Crippen LogP contribution in [0.2, 0.25) is 0 Å². The maximum Gasteiger partial charge on any atom is 0.117 e. The Kier molecular flexibility index (Phi) is 4.19. The van der Waals surface area contributed by atoms with Gasteiger partial charge in [-0.25, -0.2) is 0 Å². The van der Waals surface area contributed by atoms with E-state index in [0.717, 1.165) is 12.2 Å². The predicted octanol–water partition coefficient (Wildman–Crippen LogP) is 0.288. The summed E-state index contributed by atoms with van der Waals surface area (Å²) in [7, 11) is 0. The summed E-state index contributed by atoms with van der Waals surface area (Å²) in [6.07, 6.45) is 2.94. The first-order valence-corrected chi connectivity index (χ1v) is 4.70. The summed E-state index contributed by atoms with van der Waals surface area (Å²) in [5, 5.41) is 13.5. The summed E-state index contributed by atoms with van der Waals surface area (Å²) in [5.74, 6) is -0.328. The van der Waals surface area contributed by atoms with Gasteiger partial charge in [-0.1, -0.05) is 13.3 Å². The number of carboxylic acid groups (broad SMARTS) is 1. The zero-order valence-corrected chi connectivity index (χ0v) is 8.16. The number of carboxylic acids is 1. The fraction of sp³-hybridized carbons (Fsp3) is 0.500. The summed E-state index contributed by atoms with van der Waals surface area (Å²) in [6.45, 7) is 2.36. The van der Waals surface area contributed by atoms with E-state index >= 15 is 0 Å². The van der Waals surface area contributed by atoms with Crippen LogP contribution in [0.5, 0.6) is 0 Å². The minimum atomic E-state index is -1.06. The number of carbonyl (C=O) groups excluding carboxylic acids is 1. The van der Waals surface area contributed by atoms with Crippen LogP contribution in [0, 0.1) is 0 Å². The van der Waals surface area contributed by atoms with Crippen molar-refractivity contribution >= 4 is 5.97 Å². The van der Waals surface area contributed by atoms with E-state index in [2.05, 4.69) is 5.32 Å². The standard InChI is InChI=1S/C10H15NO3/c1-2-4-9(10(12)13)11-7-8-5-3-6-14-8/h3,5-6,9,11H,2,4,7H2,1H3,(H,12,13)/p-1. The Bertz CT molecular complexity index is 269. The van der Waals surface area contributed by atoms with Gasteiger partial charge in [0.1, 0.15) is 5.76 Å². The highest BCUT2D eigenvalue weighted by molar-refractivity contribution is 5.71. The van der Waals surface area contributed by atoms with Crippen LogP contribution in [-0.4, -0.2) is 12.0 Å². The minimum absolute atomic E-state index is 0.422. The zero-order chi connectivity index (χ0) is 10.4. The molecule has 1 atom stereocenters. The van der Waals surface area contributed by atoms with E-state index in [1.807, 2.05) is 6.92 Å². The molecule has 0 radical (unpaired) electrons. The summed E-state index contributed by atoms with van der Waals surface area (Å²) in [4.78, 5) is 10.6. The van der Waals surface area contributed by atoms with Crippen LogP contribution in [0.4, 0.5) is 0 Å².